The van der Waals surface area contributed by atoms with Gasteiger partial charge in [0.15, 0.2) is 5.82 Å². The van der Waals surface area contributed by atoms with Gasteiger partial charge in [-0.1, -0.05) is 18.2 Å². The van der Waals surface area contributed by atoms with Gasteiger partial charge in [-0.25, -0.2) is 8.78 Å². The Labute approximate surface area is 135 Å². The van der Waals surface area contributed by atoms with Gasteiger partial charge in [0.2, 0.25) is 0 Å². The van der Waals surface area contributed by atoms with Crippen molar-refractivity contribution in [3.05, 3.63) is 76.5 Å². The molecule has 116 valence electrons. The summed E-state index contributed by atoms with van der Waals surface area (Å²) in [7, 11) is 0. The van der Waals surface area contributed by atoms with Crippen molar-refractivity contribution in [2.75, 3.05) is 5.43 Å². The van der Waals surface area contributed by atoms with Crippen LogP contribution in [0.2, 0.25) is 0 Å². The topological polar surface area (TPSA) is 33.6 Å². The number of nitrogens with zero attached hydrogens (tertiary/aromatic N) is 1. The van der Waals surface area contributed by atoms with Gasteiger partial charge in [0, 0.05) is 6.07 Å². The van der Waals surface area contributed by atoms with Gasteiger partial charge in [0.25, 0.3) is 0 Å². The smallest absolute Gasteiger partial charge is 0.151 e. The highest BCUT2D eigenvalue weighted by molar-refractivity contribution is 7.12. The summed E-state index contributed by atoms with van der Waals surface area (Å²) < 4.78 is 32.1. The molecule has 3 aromatic rings. The minimum Gasteiger partial charge on any atom is -0.456 e. The van der Waals surface area contributed by atoms with Crippen molar-refractivity contribution in [2.45, 2.75) is 0 Å². The predicted molar refractivity (Wildman–Crippen MR) is 88.4 cm³/mol. The van der Waals surface area contributed by atoms with E-state index in [9.17, 15) is 8.78 Å². The van der Waals surface area contributed by atoms with E-state index in [1.54, 1.807) is 0 Å². The Morgan fingerprint density at radius 2 is 1.87 bits per heavy atom. The fourth-order valence-corrected chi connectivity index (χ4v) is 2.52. The lowest BCUT2D eigenvalue weighted by Gasteiger charge is -2.04. The number of benzene rings is 2. The van der Waals surface area contributed by atoms with Gasteiger partial charge in [-0.05, 0) is 35.7 Å². The third-order valence-electron chi connectivity index (χ3n) is 2.93. The average Bonchev–Trinajstić information content (AvgIpc) is 2.98. The van der Waals surface area contributed by atoms with Crippen molar-refractivity contribution < 1.29 is 13.5 Å². The van der Waals surface area contributed by atoms with Crippen LogP contribution in [-0.4, -0.2) is 6.21 Å². The van der Waals surface area contributed by atoms with Crippen LogP contribution in [0, 0.1) is 11.6 Å². The van der Waals surface area contributed by atoms with E-state index in [2.05, 4.69) is 10.5 Å². The lowest BCUT2D eigenvalue weighted by Crippen LogP contribution is -1.94. The molecule has 6 heteroatoms. The highest BCUT2D eigenvalue weighted by Crippen LogP contribution is 2.28. The maximum Gasteiger partial charge on any atom is 0.151 e. The predicted octanol–water partition coefficient (Wildman–Crippen LogP) is 5.26. The molecule has 0 amide bonds. The van der Waals surface area contributed by atoms with Gasteiger partial charge in [-0.15, -0.1) is 11.3 Å². The van der Waals surface area contributed by atoms with Crippen molar-refractivity contribution in [1.82, 2.24) is 0 Å². The molecule has 0 aliphatic rings. The fourth-order valence-electron chi connectivity index (χ4n) is 1.84. The summed E-state index contributed by atoms with van der Waals surface area (Å²) in [6, 6.07) is 14.5. The second kappa shape index (κ2) is 7.02. The number of hydrogen-bond donors (Lipinski definition) is 1. The van der Waals surface area contributed by atoms with E-state index in [0.717, 1.165) is 22.8 Å². The van der Waals surface area contributed by atoms with Crippen molar-refractivity contribution in [2.24, 2.45) is 5.10 Å². The van der Waals surface area contributed by atoms with E-state index in [1.807, 2.05) is 41.8 Å². The Hall–Kier alpha value is -2.73. The van der Waals surface area contributed by atoms with E-state index in [4.69, 9.17) is 4.74 Å². The first-order valence-corrected chi connectivity index (χ1v) is 7.65. The molecular formula is C17H12F2N2OS. The lowest BCUT2D eigenvalue weighted by atomic mass is 10.3. The molecule has 3 nitrogen and oxygen atoms in total. The van der Waals surface area contributed by atoms with E-state index >= 15 is 0 Å². The Bertz CT molecular complexity index is 818. The Kier molecular flexibility index (Phi) is 4.63. The molecule has 0 saturated carbocycles. The number of hydrogen-bond acceptors (Lipinski definition) is 4. The highest BCUT2D eigenvalue weighted by Gasteiger charge is 2.05. The summed E-state index contributed by atoms with van der Waals surface area (Å²) in [5.41, 5.74) is 2.65. The monoisotopic (exact) mass is 330 g/mol. The number of rotatable bonds is 5. The quantitative estimate of drug-likeness (QED) is 0.511. The molecule has 1 aromatic heterocycles. The number of halogens is 2. The minimum atomic E-state index is -0.700. The summed E-state index contributed by atoms with van der Waals surface area (Å²) >= 11 is 1.44. The third-order valence-corrected chi connectivity index (χ3v) is 3.76. The average molecular weight is 330 g/mol. The van der Waals surface area contributed by atoms with Gasteiger partial charge in [-0.2, -0.15) is 5.10 Å². The molecule has 1 N–H and O–H groups in total. The number of hydrazone groups is 1. The first-order chi connectivity index (χ1) is 11.2. The summed E-state index contributed by atoms with van der Waals surface area (Å²) in [6.07, 6.45) is 1.53. The highest BCUT2D eigenvalue weighted by atomic mass is 32.1. The molecule has 0 atom stereocenters. The fraction of sp³-hybridized carbons (Fsp3) is 0. The van der Waals surface area contributed by atoms with Crippen LogP contribution in [0.5, 0.6) is 11.5 Å². The number of para-hydroxylation sites is 1. The first-order valence-electron chi connectivity index (χ1n) is 6.77. The number of nitrogens with one attached hydrogen (secondary N) is 1. The van der Waals surface area contributed by atoms with Crippen molar-refractivity contribution in [3.63, 3.8) is 0 Å². The van der Waals surface area contributed by atoms with Crippen molar-refractivity contribution in [3.8, 4) is 11.5 Å². The van der Waals surface area contributed by atoms with Crippen molar-refractivity contribution in [1.29, 1.82) is 0 Å². The Balaban J connectivity index is 1.70. The van der Waals surface area contributed by atoms with Crippen molar-refractivity contribution >= 4 is 23.2 Å². The maximum atomic E-state index is 13.5. The van der Waals surface area contributed by atoms with Crippen LogP contribution in [0.25, 0.3) is 0 Å². The number of ether oxygens (including phenoxy) is 1. The zero-order valence-corrected chi connectivity index (χ0v) is 12.7. The Morgan fingerprint density at radius 3 is 2.65 bits per heavy atom. The Morgan fingerprint density at radius 1 is 1.04 bits per heavy atom. The minimum absolute atomic E-state index is 0.102. The zero-order chi connectivity index (χ0) is 16.1. The second-order valence-corrected chi connectivity index (χ2v) is 5.51. The first kappa shape index (κ1) is 15.2. The standard InChI is InChI=1S/C17H12F2N2OS/c18-12-6-7-15(14(19)10-12)21-20-11-17-16(8-9-23-17)22-13-4-2-1-3-5-13/h1-11,21H/b20-11+. The molecule has 0 aliphatic heterocycles. The van der Waals surface area contributed by atoms with E-state index in [-0.39, 0.29) is 5.69 Å². The molecule has 23 heavy (non-hydrogen) atoms. The molecule has 0 unspecified atom stereocenters. The molecule has 0 radical (unpaired) electrons. The zero-order valence-electron chi connectivity index (χ0n) is 11.9. The van der Waals surface area contributed by atoms with Crippen LogP contribution in [-0.2, 0) is 0 Å². The molecule has 0 aliphatic carbocycles. The van der Waals surface area contributed by atoms with E-state index < -0.39 is 11.6 Å². The molecule has 0 fully saturated rings. The molecule has 0 bridgehead atoms. The molecule has 0 saturated heterocycles. The maximum absolute atomic E-state index is 13.5. The third kappa shape index (κ3) is 3.92. The molecule has 0 spiro atoms. The van der Waals surface area contributed by atoms with Crippen LogP contribution < -0.4 is 10.2 Å². The molecule has 3 rings (SSSR count). The van der Waals surface area contributed by atoms with Crippen LogP contribution >= 0.6 is 11.3 Å². The normalized spacial score (nSPS) is 10.9. The number of anilines is 1. The summed E-state index contributed by atoms with van der Waals surface area (Å²) in [4.78, 5) is 0.781. The van der Waals surface area contributed by atoms with Crippen LogP contribution in [0.1, 0.15) is 4.88 Å². The SMILES string of the molecule is Fc1ccc(N/N=C/c2sccc2Oc2ccccc2)c(F)c1. The van der Waals surface area contributed by atoms with Gasteiger partial charge in [-0.3, -0.25) is 5.43 Å². The number of thiophene rings is 1. The summed E-state index contributed by atoms with van der Waals surface area (Å²) in [5.74, 6) is 0.0485. The van der Waals surface area contributed by atoms with Gasteiger partial charge in [0.1, 0.15) is 17.3 Å². The second-order valence-electron chi connectivity index (χ2n) is 4.56. The van der Waals surface area contributed by atoms with Crippen LogP contribution in [0.4, 0.5) is 14.5 Å². The van der Waals surface area contributed by atoms with E-state index in [1.165, 1.54) is 23.6 Å². The summed E-state index contributed by atoms with van der Waals surface area (Å²) in [5, 5.41) is 5.84. The van der Waals surface area contributed by atoms with Gasteiger partial charge < -0.3 is 4.74 Å². The molecular weight excluding hydrogens is 318 g/mol. The van der Waals surface area contributed by atoms with Gasteiger partial charge >= 0.3 is 0 Å². The molecule has 2 aromatic carbocycles. The van der Waals surface area contributed by atoms with E-state index in [0.29, 0.717) is 5.75 Å². The van der Waals surface area contributed by atoms with Crippen LogP contribution in [0.3, 0.4) is 0 Å². The van der Waals surface area contributed by atoms with Gasteiger partial charge in [0.05, 0.1) is 16.8 Å². The summed E-state index contributed by atoms with van der Waals surface area (Å²) in [6.45, 7) is 0. The molecule has 1 heterocycles. The van der Waals surface area contributed by atoms with Crippen LogP contribution in [0.15, 0.2) is 65.1 Å². The largest absolute Gasteiger partial charge is 0.456 e. The lowest BCUT2D eigenvalue weighted by molar-refractivity contribution is 0.484.